The molecule has 0 atom stereocenters. The Bertz CT molecular complexity index is 582. The van der Waals surface area contributed by atoms with E-state index in [1.54, 1.807) is 24.3 Å². The fourth-order valence-corrected chi connectivity index (χ4v) is 1.58. The normalized spacial score (nSPS) is 16.2. The molecule has 0 unspecified atom stereocenters. The molecule has 7 heteroatoms. The van der Waals surface area contributed by atoms with E-state index >= 15 is 0 Å². The summed E-state index contributed by atoms with van der Waals surface area (Å²) in [6.45, 7) is 0. The molecule has 0 spiro atoms. The number of hydrogen-bond donors (Lipinski definition) is 2. The van der Waals surface area contributed by atoms with E-state index in [0.29, 0.717) is 11.1 Å². The minimum absolute atomic E-state index is 0.0321. The maximum atomic E-state index is 11.8. The number of thiocarbonyl (C=S) groups is 1. The zero-order valence-corrected chi connectivity index (χ0v) is 10.3. The number of nitrogens with one attached hydrogen (secondary N) is 1. The Morgan fingerprint density at radius 2 is 1.89 bits per heavy atom. The van der Waals surface area contributed by atoms with Crippen LogP contribution in [-0.2, 0) is 4.79 Å². The predicted octanol–water partition coefficient (Wildman–Crippen LogP) is -0.164. The van der Waals surface area contributed by atoms with Crippen LogP contribution in [0.3, 0.4) is 0 Å². The number of imide groups is 1. The van der Waals surface area contributed by atoms with Gasteiger partial charge >= 0.3 is 0 Å². The quantitative estimate of drug-likeness (QED) is 0.417. The van der Waals surface area contributed by atoms with Crippen LogP contribution < -0.4 is 11.1 Å². The van der Waals surface area contributed by atoms with Crippen LogP contribution in [0.2, 0.25) is 0 Å². The van der Waals surface area contributed by atoms with Crippen molar-refractivity contribution in [3.05, 3.63) is 35.4 Å². The van der Waals surface area contributed by atoms with Crippen LogP contribution in [0.15, 0.2) is 29.4 Å². The Labute approximate surface area is 108 Å². The SMILES string of the molecule is CN(/N=C1\C(=O)NC(=O)c2ccccc21)C(N)=S. The Hall–Kier alpha value is -2.28. The van der Waals surface area contributed by atoms with Crippen LogP contribution in [0, 0.1) is 0 Å². The Morgan fingerprint density at radius 1 is 1.28 bits per heavy atom. The lowest BCUT2D eigenvalue weighted by Crippen LogP contribution is -2.44. The minimum Gasteiger partial charge on any atom is -0.375 e. The molecule has 2 amide bonds. The Morgan fingerprint density at radius 3 is 2.50 bits per heavy atom. The van der Waals surface area contributed by atoms with Gasteiger partial charge in [0.1, 0.15) is 0 Å². The second kappa shape index (κ2) is 4.53. The second-order valence-corrected chi connectivity index (χ2v) is 4.06. The zero-order chi connectivity index (χ0) is 13.3. The molecule has 3 N–H and O–H groups in total. The highest BCUT2D eigenvalue weighted by Gasteiger charge is 2.28. The van der Waals surface area contributed by atoms with Gasteiger partial charge in [0.05, 0.1) is 0 Å². The number of fused-ring (bicyclic) bond motifs is 1. The van der Waals surface area contributed by atoms with Gasteiger partial charge < -0.3 is 5.73 Å². The largest absolute Gasteiger partial charge is 0.375 e. The molecule has 18 heavy (non-hydrogen) atoms. The minimum atomic E-state index is -0.568. The first-order valence-electron chi connectivity index (χ1n) is 5.07. The van der Waals surface area contributed by atoms with Crippen molar-refractivity contribution >= 4 is 34.9 Å². The van der Waals surface area contributed by atoms with Crippen molar-refractivity contribution in [2.45, 2.75) is 0 Å². The third kappa shape index (κ3) is 2.07. The molecule has 2 rings (SSSR count). The van der Waals surface area contributed by atoms with E-state index in [4.69, 9.17) is 18.0 Å². The molecule has 0 fully saturated rings. The number of amides is 2. The van der Waals surface area contributed by atoms with Crippen LogP contribution in [0.5, 0.6) is 0 Å². The summed E-state index contributed by atoms with van der Waals surface area (Å²) >= 11 is 4.75. The van der Waals surface area contributed by atoms with E-state index in [0.717, 1.165) is 0 Å². The third-order valence-electron chi connectivity index (χ3n) is 2.44. The number of nitrogens with zero attached hydrogens (tertiary/aromatic N) is 2. The first-order chi connectivity index (χ1) is 8.50. The van der Waals surface area contributed by atoms with Gasteiger partial charge in [0.15, 0.2) is 10.8 Å². The molecule has 1 aromatic rings. The smallest absolute Gasteiger partial charge is 0.279 e. The molecule has 0 aromatic heterocycles. The van der Waals surface area contributed by atoms with Gasteiger partial charge in [0.2, 0.25) is 0 Å². The molecule has 6 nitrogen and oxygen atoms in total. The summed E-state index contributed by atoms with van der Waals surface area (Å²) in [6.07, 6.45) is 0. The van der Waals surface area contributed by atoms with Gasteiger partial charge in [-0.25, -0.2) is 5.01 Å². The van der Waals surface area contributed by atoms with Gasteiger partial charge in [0.25, 0.3) is 11.8 Å². The molecule has 0 saturated heterocycles. The lowest BCUT2D eigenvalue weighted by Gasteiger charge is -2.19. The number of rotatable bonds is 1. The van der Waals surface area contributed by atoms with Gasteiger partial charge in [-0.1, -0.05) is 18.2 Å². The monoisotopic (exact) mass is 262 g/mol. The van der Waals surface area contributed by atoms with Crippen LogP contribution in [0.25, 0.3) is 0 Å². The van der Waals surface area contributed by atoms with Crippen LogP contribution >= 0.6 is 12.2 Å². The van der Waals surface area contributed by atoms with Crippen LogP contribution in [-0.4, -0.2) is 34.7 Å². The average molecular weight is 262 g/mol. The molecular formula is C11H10N4O2S. The van der Waals surface area contributed by atoms with Crippen molar-refractivity contribution in [2.75, 3.05) is 7.05 Å². The number of carbonyl (C=O) groups is 2. The highest BCUT2D eigenvalue weighted by molar-refractivity contribution is 7.80. The summed E-state index contributed by atoms with van der Waals surface area (Å²) < 4.78 is 0. The maximum absolute atomic E-state index is 11.8. The molecule has 1 aliphatic heterocycles. The van der Waals surface area contributed by atoms with Gasteiger partial charge in [-0.3, -0.25) is 14.9 Å². The van der Waals surface area contributed by atoms with E-state index < -0.39 is 11.8 Å². The number of carbonyl (C=O) groups excluding carboxylic acids is 2. The third-order valence-corrected chi connectivity index (χ3v) is 2.70. The average Bonchev–Trinajstić information content (AvgIpc) is 2.34. The first kappa shape index (κ1) is 12.2. The van der Waals surface area contributed by atoms with Crippen molar-refractivity contribution < 1.29 is 9.59 Å². The summed E-state index contributed by atoms with van der Waals surface area (Å²) in [6, 6.07) is 6.70. The summed E-state index contributed by atoms with van der Waals surface area (Å²) in [5, 5.41) is 7.46. The Balaban J connectivity index is 2.54. The van der Waals surface area contributed by atoms with Crippen molar-refractivity contribution in [2.24, 2.45) is 10.8 Å². The van der Waals surface area contributed by atoms with Crippen molar-refractivity contribution in [3.63, 3.8) is 0 Å². The number of hydrazone groups is 1. The Kier molecular flexibility index (Phi) is 3.07. The van der Waals surface area contributed by atoms with Gasteiger partial charge in [0, 0.05) is 18.2 Å². The van der Waals surface area contributed by atoms with Gasteiger partial charge in [-0.2, -0.15) is 5.10 Å². The summed E-state index contributed by atoms with van der Waals surface area (Å²) in [5.41, 5.74) is 6.37. The van der Waals surface area contributed by atoms with E-state index in [1.807, 2.05) is 0 Å². The van der Waals surface area contributed by atoms with E-state index in [2.05, 4.69) is 10.4 Å². The van der Waals surface area contributed by atoms with Crippen LogP contribution in [0.1, 0.15) is 15.9 Å². The standard InChI is InChI=1S/C11H10N4O2S/c1-15(11(12)18)14-8-6-4-2-3-5-7(6)9(16)13-10(8)17/h2-5H,1H3,(H2,12,18)(H,13,16,17)/b14-8-. The number of hydrogen-bond acceptors (Lipinski definition) is 4. The molecule has 0 radical (unpaired) electrons. The number of benzene rings is 1. The highest BCUT2D eigenvalue weighted by Crippen LogP contribution is 2.15. The molecule has 1 aromatic carbocycles. The molecule has 1 heterocycles. The molecule has 0 saturated carbocycles. The highest BCUT2D eigenvalue weighted by atomic mass is 32.1. The second-order valence-electron chi connectivity index (χ2n) is 3.64. The zero-order valence-electron chi connectivity index (χ0n) is 9.51. The van der Waals surface area contributed by atoms with Gasteiger partial charge in [-0.15, -0.1) is 0 Å². The predicted molar refractivity (Wildman–Crippen MR) is 70.0 cm³/mol. The van der Waals surface area contributed by atoms with Crippen molar-refractivity contribution in [3.8, 4) is 0 Å². The van der Waals surface area contributed by atoms with E-state index in [-0.39, 0.29) is 10.8 Å². The topological polar surface area (TPSA) is 87.8 Å². The summed E-state index contributed by atoms with van der Waals surface area (Å²) in [7, 11) is 1.53. The fraction of sp³-hybridized carbons (Fsp3) is 0.0909. The molecule has 92 valence electrons. The van der Waals surface area contributed by atoms with Crippen molar-refractivity contribution in [1.29, 1.82) is 0 Å². The fourth-order valence-electron chi connectivity index (χ4n) is 1.54. The lowest BCUT2D eigenvalue weighted by atomic mass is 9.98. The first-order valence-corrected chi connectivity index (χ1v) is 5.48. The summed E-state index contributed by atoms with van der Waals surface area (Å²) in [5.74, 6) is -1.01. The number of nitrogens with two attached hydrogens (primary N) is 1. The van der Waals surface area contributed by atoms with Crippen LogP contribution in [0.4, 0.5) is 0 Å². The van der Waals surface area contributed by atoms with E-state index in [1.165, 1.54) is 12.1 Å². The van der Waals surface area contributed by atoms with Crippen molar-refractivity contribution in [1.82, 2.24) is 10.3 Å². The van der Waals surface area contributed by atoms with Gasteiger partial charge in [-0.05, 0) is 18.3 Å². The van der Waals surface area contributed by atoms with E-state index in [9.17, 15) is 9.59 Å². The molecule has 0 aliphatic carbocycles. The lowest BCUT2D eigenvalue weighted by molar-refractivity contribution is -0.114. The molecule has 1 aliphatic rings. The molecule has 0 bridgehead atoms. The summed E-state index contributed by atoms with van der Waals surface area (Å²) in [4.78, 5) is 23.4. The maximum Gasteiger partial charge on any atom is 0.279 e. The molecular weight excluding hydrogens is 252 g/mol.